The Morgan fingerprint density at radius 2 is 1.87 bits per heavy atom. The predicted octanol–water partition coefficient (Wildman–Crippen LogP) is 4.53. The van der Waals surface area contributed by atoms with Crippen LogP contribution in [0.3, 0.4) is 0 Å². The largest absolute Gasteiger partial charge is 0.452 e. The summed E-state index contributed by atoms with van der Waals surface area (Å²) < 4.78 is 10.5. The van der Waals surface area contributed by atoms with E-state index in [2.05, 4.69) is 0 Å². The van der Waals surface area contributed by atoms with Gasteiger partial charge in [0, 0.05) is 28.6 Å². The number of allylic oxidation sites excluding steroid dienone is 1. The van der Waals surface area contributed by atoms with Crippen molar-refractivity contribution < 1.29 is 19.1 Å². The van der Waals surface area contributed by atoms with Crippen LogP contribution in [0.1, 0.15) is 22.8 Å². The van der Waals surface area contributed by atoms with Crippen molar-refractivity contribution in [1.82, 2.24) is 0 Å². The average Bonchev–Trinajstić information content (AvgIpc) is 2.78. The highest BCUT2D eigenvalue weighted by Crippen LogP contribution is 2.36. The maximum Gasteiger partial charge on any atom is 0.308 e. The number of carbonyl (C=O) groups is 2. The molecule has 0 fully saturated rings. The SMILES string of the molecule is CC(=O)Oc1ccc2c(c1)O/C(=C/c1c(Cl)cccc1Cl)C2=O. The molecule has 0 aliphatic carbocycles. The fourth-order valence-electron chi connectivity index (χ4n) is 2.18. The van der Waals surface area contributed by atoms with Crippen LogP contribution in [0, 0.1) is 0 Å². The summed E-state index contributed by atoms with van der Waals surface area (Å²) in [4.78, 5) is 23.4. The van der Waals surface area contributed by atoms with Crippen LogP contribution in [0.5, 0.6) is 11.5 Å². The average molecular weight is 349 g/mol. The normalized spacial score (nSPS) is 14.6. The molecule has 1 aliphatic heterocycles. The number of halogens is 2. The Hall–Kier alpha value is -2.30. The van der Waals surface area contributed by atoms with Gasteiger partial charge < -0.3 is 9.47 Å². The molecule has 0 radical (unpaired) electrons. The van der Waals surface area contributed by atoms with Gasteiger partial charge in [0.15, 0.2) is 5.76 Å². The lowest BCUT2D eigenvalue weighted by molar-refractivity contribution is -0.131. The Morgan fingerprint density at radius 3 is 2.52 bits per heavy atom. The fourth-order valence-corrected chi connectivity index (χ4v) is 2.68. The molecule has 0 atom stereocenters. The Labute approximate surface area is 142 Å². The lowest BCUT2D eigenvalue weighted by Crippen LogP contribution is -2.01. The van der Waals surface area contributed by atoms with E-state index < -0.39 is 5.97 Å². The molecule has 23 heavy (non-hydrogen) atoms. The van der Waals surface area contributed by atoms with Gasteiger partial charge in [0.05, 0.1) is 5.56 Å². The number of ketones is 1. The van der Waals surface area contributed by atoms with E-state index in [1.54, 1.807) is 24.3 Å². The molecule has 2 aromatic carbocycles. The highest BCUT2D eigenvalue weighted by Gasteiger charge is 2.28. The minimum absolute atomic E-state index is 0.106. The molecule has 116 valence electrons. The van der Waals surface area contributed by atoms with Crippen LogP contribution in [0.25, 0.3) is 6.08 Å². The lowest BCUT2D eigenvalue weighted by atomic mass is 10.1. The van der Waals surface area contributed by atoms with Gasteiger partial charge in [-0.25, -0.2) is 0 Å². The van der Waals surface area contributed by atoms with E-state index in [1.165, 1.54) is 25.1 Å². The number of ether oxygens (including phenoxy) is 2. The number of benzene rings is 2. The van der Waals surface area contributed by atoms with E-state index in [1.807, 2.05) is 0 Å². The van der Waals surface area contributed by atoms with Gasteiger partial charge in [-0.2, -0.15) is 0 Å². The zero-order chi connectivity index (χ0) is 16.6. The van der Waals surface area contributed by atoms with E-state index in [-0.39, 0.29) is 11.5 Å². The van der Waals surface area contributed by atoms with Crippen LogP contribution in [-0.4, -0.2) is 11.8 Å². The van der Waals surface area contributed by atoms with E-state index in [0.717, 1.165) is 0 Å². The Balaban J connectivity index is 1.97. The number of Topliss-reactive ketones (excluding diaryl/α,β-unsaturated/α-hetero) is 1. The van der Waals surface area contributed by atoms with Gasteiger partial charge in [-0.1, -0.05) is 29.3 Å². The number of esters is 1. The van der Waals surface area contributed by atoms with Gasteiger partial charge in [0.2, 0.25) is 5.78 Å². The second-order valence-corrected chi connectivity index (χ2v) is 5.64. The van der Waals surface area contributed by atoms with Gasteiger partial charge in [-0.05, 0) is 30.3 Å². The first-order valence-electron chi connectivity index (χ1n) is 6.66. The lowest BCUT2D eigenvalue weighted by Gasteiger charge is -2.04. The summed E-state index contributed by atoms with van der Waals surface area (Å²) in [6, 6.07) is 9.63. The molecule has 2 aromatic rings. The monoisotopic (exact) mass is 348 g/mol. The van der Waals surface area contributed by atoms with Crippen molar-refractivity contribution in [3.05, 3.63) is 63.3 Å². The molecule has 0 amide bonds. The smallest absolute Gasteiger partial charge is 0.308 e. The van der Waals surface area contributed by atoms with Crippen LogP contribution < -0.4 is 9.47 Å². The first-order valence-corrected chi connectivity index (χ1v) is 7.42. The Kier molecular flexibility index (Phi) is 4.11. The molecule has 3 rings (SSSR count). The van der Waals surface area contributed by atoms with Crippen molar-refractivity contribution in [3.8, 4) is 11.5 Å². The zero-order valence-corrected chi connectivity index (χ0v) is 13.4. The second kappa shape index (κ2) is 6.07. The number of hydrogen-bond acceptors (Lipinski definition) is 4. The minimum Gasteiger partial charge on any atom is -0.452 e. The molecule has 0 aromatic heterocycles. The van der Waals surface area contributed by atoms with Crippen LogP contribution in [0.2, 0.25) is 10.0 Å². The standard InChI is InChI=1S/C17H10Cl2O4/c1-9(20)22-10-5-6-11-15(7-10)23-16(17(11)21)8-12-13(18)3-2-4-14(12)19/h2-8H,1H3/b16-8+. The predicted molar refractivity (Wildman–Crippen MR) is 87.1 cm³/mol. The van der Waals surface area contributed by atoms with Gasteiger partial charge in [-0.15, -0.1) is 0 Å². The van der Waals surface area contributed by atoms with E-state index in [0.29, 0.717) is 32.7 Å². The number of hydrogen-bond donors (Lipinski definition) is 0. The third-order valence-electron chi connectivity index (χ3n) is 3.18. The second-order valence-electron chi connectivity index (χ2n) is 4.83. The number of rotatable bonds is 2. The van der Waals surface area contributed by atoms with E-state index >= 15 is 0 Å². The molecule has 4 nitrogen and oxygen atoms in total. The minimum atomic E-state index is -0.451. The van der Waals surface area contributed by atoms with Crippen LogP contribution in [0.4, 0.5) is 0 Å². The molecule has 6 heteroatoms. The van der Waals surface area contributed by atoms with E-state index in [9.17, 15) is 9.59 Å². The Morgan fingerprint density at radius 1 is 1.17 bits per heavy atom. The quantitative estimate of drug-likeness (QED) is 0.454. The molecule has 0 saturated heterocycles. The summed E-state index contributed by atoms with van der Waals surface area (Å²) >= 11 is 12.2. The van der Waals surface area contributed by atoms with Crippen molar-refractivity contribution >= 4 is 41.0 Å². The molecule has 1 heterocycles. The molecular weight excluding hydrogens is 339 g/mol. The summed E-state index contributed by atoms with van der Waals surface area (Å²) in [7, 11) is 0. The molecule has 0 saturated carbocycles. The van der Waals surface area contributed by atoms with Crippen LogP contribution >= 0.6 is 23.2 Å². The fraction of sp³-hybridized carbons (Fsp3) is 0.0588. The topological polar surface area (TPSA) is 52.6 Å². The summed E-state index contributed by atoms with van der Waals surface area (Å²) in [6.45, 7) is 1.30. The molecule has 0 spiro atoms. The van der Waals surface area contributed by atoms with E-state index in [4.69, 9.17) is 32.7 Å². The summed E-state index contributed by atoms with van der Waals surface area (Å²) in [6.07, 6.45) is 1.50. The van der Waals surface area contributed by atoms with Gasteiger partial charge in [0.25, 0.3) is 0 Å². The van der Waals surface area contributed by atoms with Crippen molar-refractivity contribution in [3.63, 3.8) is 0 Å². The summed E-state index contributed by atoms with van der Waals surface area (Å²) in [5, 5.41) is 0.830. The maximum atomic E-state index is 12.4. The van der Waals surface area contributed by atoms with Crippen LogP contribution in [-0.2, 0) is 4.79 Å². The van der Waals surface area contributed by atoms with Crippen molar-refractivity contribution in [2.75, 3.05) is 0 Å². The highest BCUT2D eigenvalue weighted by atomic mass is 35.5. The number of fused-ring (bicyclic) bond motifs is 1. The third kappa shape index (κ3) is 3.09. The molecule has 1 aliphatic rings. The van der Waals surface area contributed by atoms with Gasteiger partial charge >= 0.3 is 5.97 Å². The van der Waals surface area contributed by atoms with Gasteiger partial charge in [0.1, 0.15) is 11.5 Å². The molecule has 0 bridgehead atoms. The Bertz CT molecular complexity index is 835. The third-order valence-corrected chi connectivity index (χ3v) is 3.84. The first-order chi connectivity index (χ1) is 11.0. The highest BCUT2D eigenvalue weighted by molar-refractivity contribution is 6.37. The summed E-state index contributed by atoms with van der Waals surface area (Å²) in [5.74, 6) is -0.00234. The summed E-state index contributed by atoms with van der Waals surface area (Å²) in [5.41, 5.74) is 0.891. The maximum absolute atomic E-state index is 12.4. The van der Waals surface area contributed by atoms with Crippen molar-refractivity contribution in [2.24, 2.45) is 0 Å². The number of carbonyl (C=O) groups excluding carboxylic acids is 2. The molecule has 0 unspecified atom stereocenters. The zero-order valence-electron chi connectivity index (χ0n) is 11.9. The molecular formula is C17H10Cl2O4. The van der Waals surface area contributed by atoms with Gasteiger partial charge in [-0.3, -0.25) is 9.59 Å². The first kappa shape index (κ1) is 15.6. The van der Waals surface area contributed by atoms with Crippen molar-refractivity contribution in [2.45, 2.75) is 6.92 Å². The molecule has 0 N–H and O–H groups in total. The van der Waals surface area contributed by atoms with Crippen LogP contribution in [0.15, 0.2) is 42.2 Å². The van der Waals surface area contributed by atoms with Crippen molar-refractivity contribution in [1.29, 1.82) is 0 Å².